The molecule has 0 spiro atoms. The minimum absolute atomic E-state index is 0.0402. The lowest BCUT2D eigenvalue weighted by molar-refractivity contribution is -0.141. The predicted molar refractivity (Wildman–Crippen MR) is 86.8 cm³/mol. The lowest BCUT2D eigenvalue weighted by Crippen LogP contribution is -2.37. The van der Waals surface area contributed by atoms with E-state index >= 15 is 0 Å². The highest BCUT2D eigenvalue weighted by atomic mass is 19.4. The normalized spacial score (nSPS) is 16.1. The van der Waals surface area contributed by atoms with E-state index in [9.17, 15) is 23.1 Å². The molecule has 1 N–H and O–H groups in total. The van der Waals surface area contributed by atoms with Crippen LogP contribution in [0, 0.1) is 0 Å². The van der Waals surface area contributed by atoms with Gasteiger partial charge in [0, 0.05) is 13.1 Å². The Bertz CT molecular complexity index is 746. The van der Waals surface area contributed by atoms with Crippen molar-refractivity contribution in [2.24, 2.45) is 0 Å². The molecule has 1 atom stereocenters. The smallest absolute Gasteiger partial charge is 0.378 e. The molecule has 0 saturated heterocycles. The van der Waals surface area contributed by atoms with Gasteiger partial charge >= 0.3 is 6.18 Å². The third-order valence-electron chi connectivity index (χ3n) is 4.50. The average molecular weight is 349 g/mol. The van der Waals surface area contributed by atoms with Crippen molar-refractivity contribution in [1.29, 1.82) is 0 Å². The Morgan fingerprint density at radius 3 is 2.16 bits per heavy atom. The van der Waals surface area contributed by atoms with E-state index in [2.05, 4.69) is 0 Å². The van der Waals surface area contributed by atoms with Crippen LogP contribution in [0.25, 0.3) is 0 Å². The number of halogens is 3. The van der Waals surface area contributed by atoms with E-state index in [1.54, 1.807) is 0 Å². The molecule has 0 radical (unpaired) electrons. The molecule has 0 fully saturated rings. The van der Waals surface area contributed by atoms with Crippen molar-refractivity contribution >= 4 is 5.91 Å². The first kappa shape index (κ1) is 17.5. The molecule has 0 saturated carbocycles. The van der Waals surface area contributed by atoms with Crippen LogP contribution in [0.15, 0.2) is 48.5 Å². The van der Waals surface area contributed by atoms with Crippen LogP contribution in [-0.4, -0.2) is 29.0 Å². The summed E-state index contributed by atoms with van der Waals surface area (Å²) in [6, 6.07) is 12.2. The Labute approximate surface area is 143 Å². The van der Waals surface area contributed by atoms with Gasteiger partial charge < -0.3 is 10.0 Å². The summed E-state index contributed by atoms with van der Waals surface area (Å²) in [5, 5.41) is 10.3. The van der Waals surface area contributed by atoms with Crippen LogP contribution in [0.2, 0.25) is 0 Å². The number of aliphatic hydroxyl groups excluding tert-OH is 1. The minimum Gasteiger partial charge on any atom is -0.378 e. The summed E-state index contributed by atoms with van der Waals surface area (Å²) in [5.41, 5.74) is 1.40. The van der Waals surface area contributed by atoms with Gasteiger partial charge in [-0.25, -0.2) is 0 Å². The second kappa shape index (κ2) is 6.88. The predicted octanol–water partition coefficient (Wildman–Crippen LogP) is 3.37. The molecule has 1 amide bonds. The molecule has 2 aromatic rings. The van der Waals surface area contributed by atoms with E-state index in [0.29, 0.717) is 25.9 Å². The van der Waals surface area contributed by atoms with Gasteiger partial charge in [-0.2, -0.15) is 13.2 Å². The van der Waals surface area contributed by atoms with Crippen LogP contribution in [0.1, 0.15) is 28.4 Å². The van der Waals surface area contributed by atoms with E-state index in [0.717, 1.165) is 23.3 Å². The number of rotatable bonds is 2. The van der Waals surface area contributed by atoms with Crippen molar-refractivity contribution in [3.8, 4) is 0 Å². The maximum atomic E-state index is 12.8. The highest BCUT2D eigenvalue weighted by Gasteiger charge is 2.32. The molecule has 6 heteroatoms. The molecule has 0 bridgehead atoms. The molecule has 0 aromatic heterocycles. The number of amides is 1. The van der Waals surface area contributed by atoms with Gasteiger partial charge in [-0.15, -0.1) is 0 Å². The molecule has 1 aliphatic rings. The zero-order valence-corrected chi connectivity index (χ0v) is 13.5. The second-order valence-corrected chi connectivity index (χ2v) is 6.12. The van der Waals surface area contributed by atoms with Crippen molar-refractivity contribution in [2.45, 2.75) is 25.1 Å². The highest BCUT2D eigenvalue weighted by molar-refractivity contribution is 5.82. The standard InChI is InChI=1S/C19H18F3NO2/c20-19(21,22)16-7-3-6-15(12-16)17(24)18(25)23-10-8-13-4-1-2-5-14(13)9-11-23/h1-7,12,17,24H,8-11H2. The minimum atomic E-state index is -4.51. The van der Waals surface area contributed by atoms with Crippen LogP contribution >= 0.6 is 0 Å². The number of aliphatic hydroxyl groups is 1. The lowest BCUT2D eigenvalue weighted by Gasteiger charge is -2.24. The first-order valence-electron chi connectivity index (χ1n) is 8.07. The molecule has 1 aliphatic heterocycles. The van der Waals surface area contributed by atoms with Crippen molar-refractivity contribution in [3.63, 3.8) is 0 Å². The Morgan fingerprint density at radius 1 is 1.00 bits per heavy atom. The molecular formula is C19H18F3NO2. The third-order valence-corrected chi connectivity index (χ3v) is 4.50. The Balaban J connectivity index is 1.75. The summed E-state index contributed by atoms with van der Waals surface area (Å²) < 4.78 is 38.4. The van der Waals surface area contributed by atoms with Gasteiger partial charge in [-0.1, -0.05) is 36.4 Å². The molecule has 1 heterocycles. The molecule has 3 rings (SSSR count). The summed E-state index contributed by atoms with van der Waals surface area (Å²) in [4.78, 5) is 14.1. The summed E-state index contributed by atoms with van der Waals surface area (Å²) in [7, 11) is 0. The molecule has 1 unspecified atom stereocenters. The SMILES string of the molecule is O=C(C(O)c1cccc(C(F)(F)F)c1)N1CCc2ccccc2CC1. The van der Waals surface area contributed by atoms with Crippen LogP contribution in [0.3, 0.4) is 0 Å². The third kappa shape index (κ3) is 3.85. The zero-order valence-electron chi connectivity index (χ0n) is 13.5. The van der Waals surface area contributed by atoms with Crippen molar-refractivity contribution in [2.75, 3.05) is 13.1 Å². The van der Waals surface area contributed by atoms with E-state index in [-0.39, 0.29) is 5.56 Å². The van der Waals surface area contributed by atoms with Crippen molar-refractivity contribution in [3.05, 3.63) is 70.8 Å². The van der Waals surface area contributed by atoms with E-state index in [1.165, 1.54) is 17.0 Å². The number of hydrogen-bond acceptors (Lipinski definition) is 2. The van der Waals surface area contributed by atoms with Crippen LogP contribution in [-0.2, 0) is 23.8 Å². The van der Waals surface area contributed by atoms with Gasteiger partial charge in [0.1, 0.15) is 0 Å². The fraction of sp³-hybridized carbons (Fsp3) is 0.316. The number of fused-ring (bicyclic) bond motifs is 1. The molecule has 25 heavy (non-hydrogen) atoms. The summed E-state index contributed by atoms with van der Waals surface area (Å²) in [6.07, 6.45) is -4.78. The van der Waals surface area contributed by atoms with E-state index in [1.807, 2.05) is 24.3 Å². The van der Waals surface area contributed by atoms with Gasteiger partial charge in [0.15, 0.2) is 6.10 Å². The topological polar surface area (TPSA) is 40.5 Å². The van der Waals surface area contributed by atoms with Crippen LogP contribution in [0.5, 0.6) is 0 Å². The summed E-state index contributed by atoms with van der Waals surface area (Å²) in [5.74, 6) is -0.563. The largest absolute Gasteiger partial charge is 0.416 e. The Hall–Kier alpha value is -2.34. The van der Waals surface area contributed by atoms with E-state index < -0.39 is 23.8 Å². The van der Waals surface area contributed by atoms with Crippen molar-refractivity contribution in [1.82, 2.24) is 4.90 Å². The number of carbonyl (C=O) groups is 1. The first-order chi connectivity index (χ1) is 11.9. The summed E-state index contributed by atoms with van der Waals surface area (Å²) >= 11 is 0. The number of benzene rings is 2. The van der Waals surface area contributed by atoms with Gasteiger partial charge in [0.05, 0.1) is 5.56 Å². The fourth-order valence-electron chi connectivity index (χ4n) is 3.09. The number of hydrogen-bond donors (Lipinski definition) is 1. The van der Waals surface area contributed by atoms with E-state index in [4.69, 9.17) is 0 Å². The number of alkyl halides is 3. The maximum Gasteiger partial charge on any atom is 0.416 e. The highest BCUT2D eigenvalue weighted by Crippen LogP contribution is 2.31. The van der Waals surface area contributed by atoms with Crippen LogP contribution in [0.4, 0.5) is 13.2 Å². The first-order valence-corrected chi connectivity index (χ1v) is 8.07. The summed E-state index contributed by atoms with van der Waals surface area (Å²) in [6.45, 7) is 0.873. The quantitative estimate of drug-likeness (QED) is 0.903. The molecule has 3 nitrogen and oxygen atoms in total. The van der Waals surface area contributed by atoms with Gasteiger partial charge in [-0.3, -0.25) is 4.79 Å². The van der Waals surface area contributed by atoms with Gasteiger partial charge in [-0.05, 0) is 41.7 Å². The average Bonchev–Trinajstić information content (AvgIpc) is 2.82. The number of carbonyl (C=O) groups excluding carboxylic acids is 1. The Morgan fingerprint density at radius 2 is 1.60 bits per heavy atom. The lowest BCUT2D eigenvalue weighted by atomic mass is 10.0. The fourth-order valence-corrected chi connectivity index (χ4v) is 3.09. The number of nitrogens with zero attached hydrogens (tertiary/aromatic N) is 1. The van der Waals surface area contributed by atoms with Crippen molar-refractivity contribution < 1.29 is 23.1 Å². The Kier molecular flexibility index (Phi) is 4.81. The molecule has 2 aromatic carbocycles. The maximum absolute atomic E-state index is 12.8. The molecule has 132 valence electrons. The molecular weight excluding hydrogens is 331 g/mol. The van der Waals surface area contributed by atoms with Crippen LogP contribution < -0.4 is 0 Å². The zero-order chi connectivity index (χ0) is 18.0. The van der Waals surface area contributed by atoms with Gasteiger partial charge in [0.25, 0.3) is 5.91 Å². The van der Waals surface area contributed by atoms with Gasteiger partial charge in [0.2, 0.25) is 0 Å². The monoisotopic (exact) mass is 349 g/mol. The molecule has 0 aliphatic carbocycles. The second-order valence-electron chi connectivity index (χ2n) is 6.12.